The van der Waals surface area contributed by atoms with Crippen molar-refractivity contribution in [3.63, 3.8) is 0 Å². The van der Waals surface area contributed by atoms with E-state index in [9.17, 15) is 4.79 Å². The SMILES string of the molecule is COCCCN1CCOc2ccc(COC3CNCC(OC(=O)CCCON(O)O)C3OC3CCC(Oc4ccc(Cl)cc4)CC3)cc21. The van der Waals surface area contributed by atoms with Crippen molar-refractivity contribution in [3.05, 3.63) is 53.1 Å². The minimum absolute atomic E-state index is 0.0412. The van der Waals surface area contributed by atoms with E-state index >= 15 is 0 Å². The molecular weight excluding hydrogens is 646 g/mol. The Bertz CT molecular complexity index is 1260. The highest BCUT2D eigenvalue weighted by atomic mass is 35.5. The molecule has 5 rings (SSSR count). The van der Waals surface area contributed by atoms with Crippen LogP contribution in [0.3, 0.4) is 0 Å². The van der Waals surface area contributed by atoms with Crippen LogP contribution in [0.1, 0.15) is 50.5 Å². The fourth-order valence-electron chi connectivity index (χ4n) is 6.33. The Morgan fingerprint density at radius 3 is 2.56 bits per heavy atom. The Kier molecular flexibility index (Phi) is 14.4. The number of rotatable bonds is 17. The molecule has 13 nitrogen and oxygen atoms in total. The quantitative estimate of drug-likeness (QED) is 0.121. The summed E-state index contributed by atoms with van der Waals surface area (Å²) in [5, 5.41) is 21.1. The molecule has 0 spiro atoms. The molecular formula is C34H48ClN3O10. The molecule has 1 aliphatic carbocycles. The summed E-state index contributed by atoms with van der Waals surface area (Å²) in [6.45, 7) is 4.31. The number of fused-ring (bicyclic) bond motifs is 1. The Labute approximate surface area is 286 Å². The molecule has 3 atom stereocenters. The highest BCUT2D eigenvalue weighted by Gasteiger charge is 2.40. The van der Waals surface area contributed by atoms with Crippen LogP contribution in [0.4, 0.5) is 5.69 Å². The van der Waals surface area contributed by atoms with Crippen LogP contribution in [0.2, 0.25) is 5.02 Å². The summed E-state index contributed by atoms with van der Waals surface area (Å²) in [4.78, 5) is 19.7. The highest BCUT2D eigenvalue weighted by Crippen LogP contribution is 2.34. The van der Waals surface area contributed by atoms with Crippen molar-refractivity contribution in [1.82, 2.24) is 10.7 Å². The fourth-order valence-corrected chi connectivity index (χ4v) is 6.45. The van der Waals surface area contributed by atoms with Crippen LogP contribution < -0.4 is 19.7 Å². The number of carbonyl (C=O) groups excluding carboxylic acids is 1. The molecule has 266 valence electrons. The molecule has 0 radical (unpaired) electrons. The topological polar surface area (TPSA) is 141 Å². The Hall–Kier alpha value is -2.72. The number of halogens is 1. The van der Waals surface area contributed by atoms with E-state index in [0.29, 0.717) is 37.9 Å². The van der Waals surface area contributed by atoms with Crippen molar-refractivity contribution < 1.29 is 48.5 Å². The Morgan fingerprint density at radius 1 is 1.02 bits per heavy atom. The van der Waals surface area contributed by atoms with Gasteiger partial charge < -0.3 is 38.6 Å². The van der Waals surface area contributed by atoms with E-state index in [1.165, 1.54) is 0 Å². The van der Waals surface area contributed by atoms with E-state index in [0.717, 1.165) is 67.9 Å². The van der Waals surface area contributed by atoms with Crippen LogP contribution in [0, 0.1) is 0 Å². The summed E-state index contributed by atoms with van der Waals surface area (Å²) >= 11 is 6.02. The predicted molar refractivity (Wildman–Crippen MR) is 176 cm³/mol. The average molecular weight is 694 g/mol. The van der Waals surface area contributed by atoms with Crippen molar-refractivity contribution in [3.8, 4) is 11.5 Å². The van der Waals surface area contributed by atoms with Crippen LogP contribution in [0.15, 0.2) is 42.5 Å². The van der Waals surface area contributed by atoms with E-state index in [4.69, 9.17) is 50.4 Å². The molecule has 3 aliphatic rings. The third-order valence-electron chi connectivity index (χ3n) is 8.75. The van der Waals surface area contributed by atoms with Crippen molar-refractivity contribution >= 4 is 23.3 Å². The summed E-state index contributed by atoms with van der Waals surface area (Å²) in [6.07, 6.45) is 3.11. The number of methoxy groups -OCH3 is 1. The Morgan fingerprint density at radius 2 is 1.79 bits per heavy atom. The zero-order valence-corrected chi connectivity index (χ0v) is 28.2. The number of nitrogens with zero attached hydrogens (tertiary/aromatic N) is 2. The van der Waals surface area contributed by atoms with Gasteiger partial charge >= 0.3 is 5.97 Å². The van der Waals surface area contributed by atoms with Crippen LogP contribution in [0.5, 0.6) is 11.5 Å². The van der Waals surface area contributed by atoms with Gasteiger partial charge in [-0.05, 0) is 80.5 Å². The van der Waals surface area contributed by atoms with E-state index < -0.39 is 18.2 Å². The molecule has 2 aliphatic heterocycles. The second kappa shape index (κ2) is 18.9. The lowest BCUT2D eigenvalue weighted by atomic mass is 9.93. The molecule has 48 heavy (non-hydrogen) atoms. The predicted octanol–water partition coefficient (Wildman–Crippen LogP) is 4.54. The molecule has 0 bridgehead atoms. The summed E-state index contributed by atoms with van der Waals surface area (Å²) < 4.78 is 36.5. The van der Waals surface area contributed by atoms with Gasteiger partial charge in [0.2, 0.25) is 0 Å². The number of piperidine rings is 1. The molecule has 1 saturated heterocycles. The largest absolute Gasteiger partial charge is 0.490 e. The first-order valence-electron chi connectivity index (χ1n) is 16.8. The van der Waals surface area contributed by atoms with Gasteiger partial charge in [-0.15, -0.1) is 0 Å². The third kappa shape index (κ3) is 11.2. The van der Waals surface area contributed by atoms with E-state index in [1.807, 2.05) is 36.4 Å². The minimum atomic E-state index is -0.569. The molecule has 3 unspecified atom stereocenters. The molecule has 2 aromatic carbocycles. The molecule has 2 aromatic rings. The summed E-state index contributed by atoms with van der Waals surface area (Å²) in [7, 11) is 1.71. The van der Waals surface area contributed by atoms with Crippen LogP contribution in [0.25, 0.3) is 0 Å². The van der Waals surface area contributed by atoms with Gasteiger partial charge in [0, 0.05) is 44.8 Å². The summed E-state index contributed by atoms with van der Waals surface area (Å²) in [5.41, 5.74) is 2.06. The van der Waals surface area contributed by atoms with Gasteiger partial charge in [-0.2, -0.15) is 0 Å². The normalized spacial score (nSPS) is 24.2. The zero-order valence-electron chi connectivity index (χ0n) is 27.5. The van der Waals surface area contributed by atoms with Crippen molar-refractivity contribution in [2.45, 2.75) is 82.1 Å². The smallest absolute Gasteiger partial charge is 0.306 e. The Balaban J connectivity index is 1.21. The number of esters is 1. The summed E-state index contributed by atoms with van der Waals surface area (Å²) in [5.74, 6) is 1.23. The second-order valence-electron chi connectivity index (χ2n) is 12.3. The van der Waals surface area contributed by atoms with Gasteiger partial charge in [0.05, 0.1) is 43.0 Å². The maximum atomic E-state index is 12.8. The molecule has 2 fully saturated rings. The lowest BCUT2D eigenvalue weighted by Gasteiger charge is -2.41. The molecule has 0 aromatic heterocycles. The van der Waals surface area contributed by atoms with Crippen LogP contribution >= 0.6 is 11.6 Å². The molecule has 3 N–H and O–H groups in total. The number of benzene rings is 2. The van der Waals surface area contributed by atoms with Crippen molar-refractivity contribution in [2.75, 3.05) is 58.0 Å². The molecule has 2 heterocycles. The number of hydrogen-bond acceptors (Lipinski definition) is 13. The number of nitrogens with one attached hydrogen (secondary N) is 1. The molecule has 14 heteroatoms. The van der Waals surface area contributed by atoms with Gasteiger partial charge in [-0.1, -0.05) is 17.7 Å². The monoisotopic (exact) mass is 693 g/mol. The van der Waals surface area contributed by atoms with E-state index in [2.05, 4.69) is 21.1 Å². The van der Waals surface area contributed by atoms with Gasteiger partial charge in [0.15, 0.2) is 0 Å². The van der Waals surface area contributed by atoms with Crippen LogP contribution in [-0.2, 0) is 35.2 Å². The minimum Gasteiger partial charge on any atom is -0.490 e. The number of ether oxygens (including phenoxy) is 6. The number of hydrogen-bond donors (Lipinski definition) is 3. The van der Waals surface area contributed by atoms with Gasteiger partial charge in [-0.3, -0.25) is 20.0 Å². The van der Waals surface area contributed by atoms with Crippen LogP contribution in [-0.4, -0.2) is 105 Å². The fraction of sp³-hybridized carbons (Fsp3) is 0.618. The third-order valence-corrected chi connectivity index (χ3v) is 9.00. The summed E-state index contributed by atoms with van der Waals surface area (Å²) in [6, 6.07) is 13.5. The maximum Gasteiger partial charge on any atom is 0.306 e. The standard InChI is InChI=1S/C34H48ClN3O10/c1-42-17-3-15-37-16-19-43-30-14-5-24(20-29(30)37)23-44-31-21-36-22-32(48-33(39)4-2-18-45-38(40)41)34(31)47-28-12-10-27(11-13-28)46-26-8-6-25(35)7-9-26/h5-9,14,20,27-28,31-32,34,36,40-41H,2-4,10-13,15-19,21-23H2,1H3. The van der Waals surface area contributed by atoms with E-state index in [1.54, 1.807) is 7.11 Å². The van der Waals surface area contributed by atoms with Gasteiger partial charge in [0.1, 0.15) is 36.4 Å². The molecule has 0 amide bonds. The van der Waals surface area contributed by atoms with Crippen molar-refractivity contribution in [2.24, 2.45) is 0 Å². The first kappa shape index (κ1) is 36.6. The van der Waals surface area contributed by atoms with Gasteiger partial charge in [0.25, 0.3) is 0 Å². The lowest BCUT2D eigenvalue weighted by molar-refractivity contribution is -0.492. The lowest BCUT2D eigenvalue weighted by Crippen LogP contribution is -2.58. The maximum absolute atomic E-state index is 12.8. The zero-order chi connectivity index (χ0) is 33.7. The first-order chi connectivity index (χ1) is 23.4. The van der Waals surface area contributed by atoms with Gasteiger partial charge in [-0.25, -0.2) is 0 Å². The highest BCUT2D eigenvalue weighted by molar-refractivity contribution is 6.30. The first-order valence-corrected chi connectivity index (χ1v) is 17.2. The number of anilines is 1. The second-order valence-corrected chi connectivity index (χ2v) is 12.7. The van der Waals surface area contributed by atoms with E-state index in [-0.39, 0.29) is 43.2 Å². The molecule has 1 saturated carbocycles. The van der Waals surface area contributed by atoms with Crippen molar-refractivity contribution in [1.29, 1.82) is 0 Å². The average Bonchev–Trinajstić information content (AvgIpc) is 3.09. The number of carbonyl (C=O) groups is 1.